The largest absolute Gasteiger partial charge is 0.456 e. The van der Waals surface area contributed by atoms with Gasteiger partial charge >= 0.3 is 5.97 Å². The molecule has 0 unspecified atom stereocenters. The van der Waals surface area contributed by atoms with Gasteiger partial charge in [0.05, 0.1) is 5.56 Å². The molecule has 0 aliphatic carbocycles. The summed E-state index contributed by atoms with van der Waals surface area (Å²) in [6, 6.07) is 7.29. The molecule has 1 N–H and O–H groups in total. The van der Waals surface area contributed by atoms with Crippen LogP contribution >= 0.6 is 0 Å². The Balaban J connectivity index is 1.74. The van der Waals surface area contributed by atoms with Crippen molar-refractivity contribution in [2.45, 2.75) is 58.1 Å². The van der Waals surface area contributed by atoms with Gasteiger partial charge in [-0.25, -0.2) is 9.78 Å². The van der Waals surface area contributed by atoms with Crippen LogP contribution in [0, 0.1) is 0 Å². The maximum Gasteiger partial charge on any atom is 0.338 e. The SMILES string of the molecule is CC[C@@H]1C[C@@H](C(=O)Nc2ccc(C(=O)OC(C)(C)C)cc2)n2c1nccc2=O. The minimum atomic E-state index is -0.591. The van der Waals surface area contributed by atoms with Crippen LogP contribution < -0.4 is 10.9 Å². The Morgan fingerprint density at radius 3 is 2.50 bits per heavy atom. The predicted molar refractivity (Wildman–Crippen MR) is 105 cm³/mol. The Kier molecular flexibility index (Phi) is 5.36. The van der Waals surface area contributed by atoms with E-state index in [9.17, 15) is 14.4 Å². The molecule has 1 aromatic heterocycles. The van der Waals surface area contributed by atoms with E-state index in [0.717, 1.165) is 6.42 Å². The summed E-state index contributed by atoms with van der Waals surface area (Å²) in [6.07, 6.45) is 2.85. The van der Waals surface area contributed by atoms with Crippen LogP contribution in [0.15, 0.2) is 41.3 Å². The van der Waals surface area contributed by atoms with E-state index in [0.29, 0.717) is 23.5 Å². The lowest BCUT2D eigenvalue weighted by Gasteiger charge is -2.19. The van der Waals surface area contributed by atoms with Crippen molar-refractivity contribution in [1.29, 1.82) is 0 Å². The van der Waals surface area contributed by atoms with Crippen LogP contribution in [0.4, 0.5) is 5.69 Å². The molecule has 0 radical (unpaired) electrons. The molecule has 1 amide bonds. The molecule has 2 atom stereocenters. The lowest BCUT2D eigenvalue weighted by Crippen LogP contribution is -2.31. The van der Waals surface area contributed by atoms with Crippen LogP contribution in [0.1, 0.15) is 68.7 Å². The number of hydrogen-bond acceptors (Lipinski definition) is 5. The quantitative estimate of drug-likeness (QED) is 0.819. The van der Waals surface area contributed by atoms with Crippen LogP contribution in [-0.4, -0.2) is 27.0 Å². The van der Waals surface area contributed by atoms with Crippen LogP contribution in [-0.2, 0) is 9.53 Å². The molecular formula is C21H25N3O4. The van der Waals surface area contributed by atoms with E-state index >= 15 is 0 Å². The molecule has 2 aromatic rings. The number of nitrogens with one attached hydrogen (secondary N) is 1. The predicted octanol–water partition coefficient (Wildman–Crippen LogP) is 3.28. The van der Waals surface area contributed by atoms with Gasteiger partial charge in [-0.05, 0) is 57.9 Å². The molecule has 2 heterocycles. The average Bonchev–Trinajstić information content (AvgIpc) is 3.01. The number of nitrogens with zero attached hydrogens (tertiary/aromatic N) is 2. The minimum Gasteiger partial charge on any atom is -0.456 e. The van der Waals surface area contributed by atoms with Gasteiger partial charge in [0, 0.05) is 23.9 Å². The molecule has 3 rings (SSSR count). The maximum atomic E-state index is 12.8. The van der Waals surface area contributed by atoms with Crippen molar-refractivity contribution in [2.75, 3.05) is 5.32 Å². The summed E-state index contributed by atoms with van der Waals surface area (Å²) in [7, 11) is 0. The van der Waals surface area contributed by atoms with E-state index in [2.05, 4.69) is 10.3 Å². The fourth-order valence-electron chi connectivity index (χ4n) is 3.35. The van der Waals surface area contributed by atoms with E-state index < -0.39 is 17.6 Å². The van der Waals surface area contributed by atoms with Gasteiger partial charge in [-0.1, -0.05) is 6.92 Å². The minimum absolute atomic E-state index is 0.0826. The zero-order valence-corrected chi connectivity index (χ0v) is 16.6. The number of rotatable bonds is 4. The number of hydrogen-bond donors (Lipinski definition) is 1. The van der Waals surface area contributed by atoms with Gasteiger partial charge in [0.2, 0.25) is 5.91 Å². The van der Waals surface area contributed by atoms with Gasteiger partial charge in [0.25, 0.3) is 5.56 Å². The molecule has 1 aliphatic rings. The zero-order chi connectivity index (χ0) is 20.5. The van der Waals surface area contributed by atoms with E-state index in [-0.39, 0.29) is 17.4 Å². The van der Waals surface area contributed by atoms with Gasteiger partial charge in [-0.2, -0.15) is 0 Å². The third kappa shape index (κ3) is 4.13. The van der Waals surface area contributed by atoms with Crippen molar-refractivity contribution >= 4 is 17.6 Å². The fourth-order valence-corrected chi connectivity index (χ4v) is 3.35. The number of carbonyl (C=O) groups is 2. The molecular weight excluding hydrogens is 358 g/mol. The average molecular weight is 383 g/mol. The van der Waals surface area contributed by atoms with Crippen LogP contribution in [0.3, 0.4) is 0 Å². The summed E-state index contributed by atoms with van der Waals surface area (Å²) in [6.45, 7) is 7.43. The Hall–Kier alpha value is -2.96. The highest BCUT2D eigenvalue weighted by molar-refractivity contribution is 5.95. The highest BCUT2D eigenvalue weighted by Crippen LogP contribution is 2.35. The zero-order valence-electron chi connectivity index (χ0n) is 16.6. The number of aromatic nitrogens is 2. The Morgan fingerprint density at radius 2 is 1.89 bits per heavy atom. The van der Waals surface area contributed by atoms with Crippen LogP contribution in [0.5, 0.6) is 0 Å². The maximum absolute atomic E-state index is 12.8. The smallest absolute Gasteiger partial charge is 0.338 e. The van der Waals surface area contributed by atoms with Crippen LogP contribution in [0.2, 0.25) is 0 Å². The van der Waals surface area contributed by atoms with E-state index in [1.54, 1.807) is 45.0 Å². The van der Waals surface area contributed by atoms with Crippen LogP contribution in [0.25, 0.3) is 0 Å². The third-order valence-electron chi connectivity index (χ3n) is 4.68. The Morgan fingerprint density at radius 1 is 1.21 bits per heavy atom. The van der Waals surface area contributed by atoms with E-state index in [1.165, 1.54) is 16.8 Å². The lowest BCUT2D eigenvalue weighted by atomic mass is 10.0. The molecule has 148 valence electrons. The van der Waals surface area contributed by atoms with Crippen molar-refractivity contribution < 1.29 is 14.3 Å². The van der Waals surface area contributed by atoms with Crippen molar-refractivity contribution in [1.82, 2.24) is 9.55 Å². The van der Waals surface area contributed by atoms with Gasteiger partial charge in [0.1, 0.15) is 17.5 Å². The van der Waals surface area contributed by atoms with E-state index in [1.807, 2.05) is 6.92 Å². The van der Waals surface area contributed by atoms with Gasteiger partial charge in [-0.3, -0.25) is 14.2 Å². The summed E-state index contributed by atoms with van der Waals surface area (Å²) >= 11 is 0. The highest BCUT2D eigenvalue weighted by atomic mass is 16.6. The number of benzene rings is 1. The standard InChI is InChI=1S/C21H25N3O4/c1-5-13-12-16(24-17(25)10-11-22-18(13)24)19(26)23-15-8-6-14(7-9-15)20(27)28-21(2,3)4/h6-11,13,16H,5,12H2,1-4H3,(H,23,26)/t13-,16+/m1/s1. The highest BCUT2D eigenvalue weighted by Gasteiger charge is 2.36. The fraction of sp³-hybridized carbons (Fsp3) is 0.429. The van der Waals surface area contributed by atoms with Crippen molar-refractivity contribution in [3.63, 3.8) is 0 Å². The number of ether oxygens (including phenoxy) is 1. The molecule has 7 heteroatoms. The molecule has 0 saturated carbocycles. The Labute approximate surface area is 163 Å². The number of carbonyl (C=O) groups excluding carboxylic acids is 2. The van der Waals surface area contributed by atoms with Crippen molar-refractivity contribution in [3.05, 3.63) is 58.3 Å². The molecule has 7 nitrogen and oxygen atoms in total. The van der Waals surface area contributed by atoms with Crippen molar-refractivity contribution in [3.8, 4) is 0 Å². The first-order valence-electron chi connectivity index (χ1n) is 9.41. The van der Waals surface area contributed by atoms with Crippen molar-refractivity contribution in [2.24, 2.45) is 0 Å². The van der Waals surface area contributed by atoms with Gasteiger partial charge < -0.3 is 10.1 Å². The third-order valence-corrected chi connectivity index (χ3v) is 4.68. The summed E-state index contributed by atoms with van der Waals surface area (Å²) in [5.74, 6) is 0.0606. The molecule has 1 aromatic carbocycles. The number of fused-ring (bicyclic) bond motifs is 1. The van der Waals surface area contributed by atoms with Gasteiger partial charge in [-0.15, -0.1) is 0 Å². The second kappa shape index (κ2) is 7.58. The Bertz CT molecular complexity index is 941. The topological polar surface area (TPSA) is 90.3 Å². The molecule has 1 aliphatic heterocycles. The normalized spacial score (nSPS) is 18.4. The first kappa shape index (κ1) is 19.8. The number of esters is 1. The molecule has 28 heavy (non-hydrogen) atoms. The molecule has 0 fully saturated rings. The van der Waals surface area contributed by atoms with Gasteiger partial charge in [0.15, 0.2) is 0 Å². The summed E-state index contributed by atoms with van der Waals surface area (Å²) in [5.41, 5.74) is 0.166. The monoisotopic (exact) mass is 383 g/mol. The summed E-state index contributed by atoms with van der Waals surface area (Å²) < 4.78 is 6.82. The molecule has 0 bridgehead atoms. The number of anilines is 1. The second-order valence-corrected chi connectivity index (χ2v) is 7.94. The first-order valence-corrected chi connectivity index (χ1v) is 9.41. The molecule has 0 saturated heterocycles. The summed E-state index contributed by atoms with van der Waals surface area (Å²) in [5, 5.41) is 2.83. The number of amides is 1. The molecule has 0 spiro atoms. The first-order chi connectivity index (χ1) is 13.2. The van der Waals surface area contributed by atoms with E-state index in [4.69, 9.17) is 4.74 Å². The summed E-state index contributed by atoms with van der Waals surface area (Å²) in [4.78, 5) is 41.5. The second-order valence-electron chi connectivity index (χ2n) is 7.94. The lowest BCUT2D eigenvalue weighted by molar-refractivity contribution is -0.119.